The lowest BCUT2D eigenvalue weighted by Crippen LogP contribution is -2.59. The van der Waals surface area contributed by atoms with Crippen LogP contribution in [0, 0.1) is 51.8 Å². The Morgan fingerprint density at radius 3 is 2.45 bits per heavy atom. The maximum atomic E-state index is 12.3. The Balaban J connectivity index is 1.61. The molecule has 1 unspecified atom stereocenters. The molecule has 1 N–H and O–H groups in total. The van der Waals surface area contributed by atoms with Gasteiger partial charge < -0.3 is 5.11 Å². The van der Waals surface area contributed by atoms with Gasteiger partial charge in [-0.3, -0.25) is 9.59 Å². The van der Waals surface area contributed by atoms with Crippen molar-refractivity contribution in [2.75, 3.05) is 0 Å². The molecular formula is C26H42O3. The molecule has 29 heavy (non-hydrogen) atoms. The first-order valence-electron chi connectivity index (χ1n) is 12.2. The lowest BCUT2D eigenvalue weighted by atomic mass is 9.39. The minimum atomic E-state index is -0.653. The first kappa shape index (κ1) is 21.4. The first-order valence-corrected chi connectivity index (χ1v) is 12.2. The SMILES string of the molecule is C[C@H](CCC(=O)O)[C@H]1CC[C@H]2[C@H]3[C@H](CC[C@]12C)[C@@]1(C)CCC(=O)CC1CC3(C)C. The smallest absolute Gasteiger partial charge is 0.303 e. The van der Waals surface area contributed by atoms with Crippen molar-refractivity contribution in [2.24, 2.45) is 51.8 Å². The van der Waals surface area contributed by atoms with Gasteiger partial charge in [-0.25, -0.2) is 0 Å². The molecule has 4 saturated carbocycles. The molecule has 0 spiro atoms. The van der Waals surface area contributed by atoms with Gasteiger partial charge in [0.1, 0.15) is 5.78 Å². The number of fused-ring (bicyclic) bond motifs is 5. The molecule has 4 rings (SSSR count). The van der Waals surface area contributed by atoms with E-state index >= 15 is 0 Å². The summed E-state index contributed by atoms with van der Waals surface area (Å²) in [5.41, 5.74) is 1.02. The maximum absolute atomic E-state index is 12.3. The van der Waals surface area contributed by atoms with E-state index in [2.05, 4.69) is 34.6 Å². The van der Waals surface area contributed by atoms with Gasteiger partial charge in [0.15, 0.2) is 0 Å². The van der Waals surface area contributed by atoms with E-state index in [1.54, 1.807) is 0 Å². The summed E-state index contributed by atoms with van der Waals surface area (Å²) in [7, 11) is 0. The van der Waals surface area contributed by atoms with E-state index in [1.165, 1.54) is 32.1 Å². The van der Waals surface area contributed by atoms with Crippen LogP contribution in [-0.4, -0.2) is 16.9 Å². The van der Waals surface area contributed by atoms with E-state index in [-0.39, 0.29) is 0 Å². The summed E-state index contributed by atoms with van der Waals surface area (Å²) in [5, 5.41) is 9.16. The van der Waals surface area contributed by atoms with Crippen molar-refractivity contribution < 1.29 is 14.7 Å². The molecule has 3 heteroatoms. The molecule has 0 aromatic rings. The Morgan fingerprint density at radius 2 is 1.76 bits per heavy atom. The Labute approximate surface area is 177 Å². The molecular weight excluding hydrogens is 360 g/mol. The molecule has 0 radical (unpaired) electrons. The fourth-order valence-corrected chi connectivity index (χ4v) is 9.28. The van der Waals surface area contributed by atoms with Crippen LogP contribution < -0.4 is 0 Å². The van der Waals surface area contributed by atoms with Crippen LogP contribution in [0.5, 0.6) is 0 Å². The highest BCUT2D eigenvalue weighted by molar-refractivity contribution is 5.79. The predicted octanol–water partition coefficient (Wildman–Crippen LogP) is 6.35. The van der Waals surface area contributed by atoms with E-state index in [0.717, 1.165) is 43.4 Å². The highest BCUT2D eigenvalue weighted by Gasteiger charge is 2.64. The molecule has 8 atom stereocenters. The number of rotatable bonds is 4. The van der Waals surface area contributed by atoms with Gasteiger partial charge in [0.05, 0.1) is 0 Å². The van der Waals surface area contributed by atoms with Gasteiger partial charge in [0, 0.05) is 19.3 Å². The van der Waals surface area contributed by atoms with Gasteiger partial charge >= 0.3 is 5.97 Å². The van der Waals surface area contributed by atoms with Crippen LogP contribution in [0.1, 0.15) is 98.8 Å². The van der Waals surface area contributed by atoms with E-state index in [4.69, 9.17) is 5.11 Å². The number of Topliss-reactive ketones (excluding diaryl/α,β-unsaturated/α-hetero) is 1. The summed E-state index contributed by atoms with van der Waals surface area (Å²) in [5.74, 6) is 3.87. The molecule has 4 aliphatic rings. The van der Waals surface area contributed by atoms with Crippen LogP contribution in [-0.2, 0) is 9.59 Å². The lowest BCUT2D eigenvalue weighted by Gasteiger charge is -2.65. The van der Waals surface area contributed by atoms with Crippen molar-refractivity contribution in [1.29, 1.82) is 0 Å². The third kappa shape index (κ3) is 3.30. The number of carboxylic acid groups (broad SMARTS) is 1. The van der Waals surface area contributed by atoms with E-state index in [9.17, 15) is 9.59 Å². The summed E-state index contributed by atoms with van der Waals surface area (Å²) in [6.45, 7) is 12.4. The van der Waals surface area contributed by atoms with Crippen LogP contribution in [0.3, 0.4) is 0 Å². The third-order valence-electron chi connectivity index (χ3n) is 10.7. The average molecular weight is 403 g/mol. The second-order valence-corrected chi connectivity index (χ2v) is 12.5. The summed E-state index contributed by atoms with van der Waals surface area (Å²) in [6, 6.07) is 0. The van der Waals surface area contributed by atoms with Crippen LogP contribution >= 0.6 is 0 Å². The highest BCUT2D eigenvalue weighted by atomic mass is 16.4. The molecule has 0 bridgehead atoms. The van der Waals surface area contributed by atoms with Crippen LogP contribution in [0.15, 0.2) is 0 Å². The second kappa shape index (κ2) is 7.09. The number of carbonyl (C=O) groups is 2. The zero-order valence-corrected chi connectivity index (χ0v) is 19.3. The molecule has 3 nitrogen and oxygen atoms in total. The topological polar surface area (TPSA) is 54.4 Å². The Kier molecular flexibility index (Phi) is 5.23. The van der Waals surface area contributed by atoms with Gasteiger partial charge in [-0.05, 0) is 96.7 Å². The minimum absolute atomic E-state index is 0.304. The molecule has 0 aromatic heterocycles. The number of carboxylic acids is 1. The van der Waals surface area contributed by atoms with E-state index in [0.29, 0.717) is 46.2 Å². The summed E-state index contributed by atoms with van der Waals surface area (Å²) >= 11 is 0. The van der Waals surface area contributed by atoms with Crippen molar-refractivity contribution >= 4 is 11.8 Å². The molecule has 0 aliphatic heterocycles. The number of aliphatic carboxylic acids is 1. The minimum Gasteiger partial charge on any atom is -0.481 e. The summed E-state index contributed by atoms with van der Waals surface area (Å²) < 4.78 is 0. The van der Waals surface area contributed by atoms with Crippen LogP contribution in [0.4, 0.5) is 0 Å². The molecule has 4 fully saturated rings. The molecule has 0 heterocycles. The average Bonchev–Trinajstić information content (AvgIpc) is 2.98. The van der Waals surface area contributed by atoms with Crippen LogP contribution in [0.25, 0.3) is 0 Å². The van der Waals surface area contributed by atoms with Crippen molar-refractivity contribution in [3.8, 4) is 0 Å². The fourth-order valence-electron chi connectivity index (χ4n) is 9.28. The molecule has 0 amide bonds. The Bertz CT molecular complexity index is 681. The Morgan fingerprint density at radius 1 is 1.07 bits per heavy atom. The maximum Gasteiger partial charge on any atom is 0.303 e. The zero-order valence-electron chi connectivity index (χ0n) is 19.3. The van der Waals surface area contributed by atoms with Gasteiger partial charge in [-0.1, -0.05) is 34.6 Å². The first-order chi connectivity index (χ1) is 13.5. The van der Waals surface area contributed by atoms with E-state index in [1.807, 2.05) is 0 Å². The molecule has 0 aromatic carbocycles. The zero-order chi connectivity index (χ0) is 21.2. The number of ketones is 1. The second-order valence-electron chi connectivity index (χ2n) is 12.5. The third-order valence-corrected chi connectivity index (χ3v) is 10.7. The Hall–Kier alpha value is -0.860. The number of hydrogen-bond acceptors (Lipinski definition) is 2. The van der Waals surface area contributed by atoms with Gasteiger partial charge in [-0.2, -0.15) is 0 Å². The molecule has 0 saturated heterocycles. The number of hydrogen-bond donors (Lipinski definition) is 1. The summed E-state index contributed by atoms with van der Waals surface area (Å²) in [6.07, 6.45) is 10.3. The standard InChI is InChI=1S/C26H42O3/c1-16(6-9-22(28)29)19-7-8-20-23-21(11-13-26(19,20)5)25(4)12-10-18(27)14-17(25)15-24(23,2)3/h16-17,19-21,23H,6-15H2,1-5H3,(H,28,29)/t16-,17?,19-,20+,21+,23+,25+,26-/m1/s1. The number of carbonyl (C=O) groups excluding carboxylic acids is 1. The van der Waals surface area contributed by atoms with Crippen molar-refractivity contribution in [2.45, 2.75) is 98.8 Å². The highest BCUT2D eigenvalue weighted by Crippen LogP contribution is 2.71. The van der Waals surface area contributed by atoms with Crippen LogP contribution in [0.2, 0.25) is 0 Å². The van der Waals surface area contributed by atoms with Crippen molar-refractivity contribution in [1.82, 2.24) is 0 Å². The predicted molar refractivity (Wildman–Crippen MR) is 115 cm³/mol. The monoisotopic (exact) mass is 402 g/mol. The van der Waals surface area contributed by atoms with Gasteiger partial charge in [0.25, 0.3) is 0 Å². The normalized spacial score (nSPS) is 47.1. The molecule has 4 aliphatic carbocycles. The van der Waals surface area contributed by atoms with Gasteiger partial charge in [0.2, 0.25) is 0 Å². The summed E-state index contributed by atoms with van der Waals surface area (Å²) in [4.78, 5) is 23.4. The van der Waals surface area contributed by atoms with Gasteiger partial charge in [-0.15, -0.1) is 0 Å². The van der Waals surface area contributed by atoms with E-state index < -0.39 is 5.97 Å². The molecule has 164 valence electrons. The lowest BCUT2D eigenvalue weighted by molar-refractivity contribution is -0.172. The quantitative estimate of drug-likeness (QED) is 0.596. The van der Waals surface area contributed by atoms with Crippen molar-refractivity contribution in [3.63, 3.8) is 0 Å². The van der Waals surface area contributed by atoms with Crippen molar-refractivity contribution in [3.05, 3.63) is 0 Å². The largest absolute Gasteiger partial charge is 0.481 e. The fraction of sp³-hybridized carbons (Fsp3) is 0.923.